The lowest BCUT2D eigenvalue weighted by Crippen LogP contribution is -2.42. The third-order valence-corrected chi connectivity index (χ3v) is 16.8. The highest BCUT2D eigenvalue weighted by Crippen LogP contribution is 2.45. The van der Waals surface area contributed by atoms with E-state index in [0.29, 0.717) is 66.2 Å². The predicted octanol–water partition coefficient (Wildman–Crippen LogP) is 8.95. The second-order valence-corrected chi connectivity index (χ2v) is 22.2. The van der Waals surface area contributed by atoms with Gasteiger partial charge in [-0.2, -0.15) is 0 Å². The van der Waals surface area contributed by atoms with Crippen molar-refractivity contribution in [2.45, 2.75) is 120 Å². The van der Waals surface area contributed by atoms with Crippen molar-refractivity contribution >= 4 is 0 Å². The molecule has 0 radical (unpaired) electrons. The molecule has 456 valence electrons. The van der Waals surface area contributed by atoms with E-state index in [4.69, 9.17) is 37.9 Å². The van der Waals surface area contributed by atoms with Gasteiger partial charge in [-0.25, -0.2) is 9.59 Å². The minimum atomic E-state index is -1.17. The van der Waals surface area contributed by atoms with Crippen LogP contribution in [0.5, 0.6) is 23.0 Å². The second kappa shape index (κ2) is 27.6. The van der Waals surface area contributed by atoms with Crippen LogP contribution in [0.1, 0.15) is 102 Å². The first-order valence-electron chi connectivity index (χ1n) is 29.5. The normalized spacial score (nSPS) is 18.6. The molecule has 2 N–H and O–H groups in total. The van der Waals surface area contributed by atoms with Crippen molar-refractivity contribution < 1.29 is 48.1 Å². The second-order valence-electron chi connectivity index (χ2n) is 22.2. The first-order chi connectivity index (χ1) is 42.2. The lowest BCUT2D eigenvalue weighted by molar-refractivity contribution is -0.0946. The van der Waals surface area contributed by atoms with Crippen LogP contribution in [-0.4, -0.2) is 94.6 Å². The van der Waals surface area contributed by atoms with Crippen LogP contribution in [0, 0.1) is 13.8 Å². The zero-order valence-corrected chi connectivity index (χ0v) is 50.0. The monoisotopic (exact) mass is 1180 g/mol. The molecule has 8 aromatic rings. The highest BCUT2D eigenvalue weighted by atomic mass is 16.6. The van der Waals surface area contributed by atoms with Crippen molar-refractivity contribution in [3.05, 3.63) is 256 Å². The van der Waals surface area contributed by atoms with Gasteiger partial charge in [0.25, 0.3) is 11.1 Å². The summed E-state index contributed by atoms with van der Waals surface area (Å²) in [4.78, 5) is 55.4. The van der Waals surface area contributed by atoms with Crippen LogP contribution in [0.2, 0.25) is 0 Å². The first-order valence-corrected chi connectivity index (χ1v) is 29.5. The van der Waals surface area contributed by atoms with Gasteiger partial charge in [0.1, 0.15) is 58.9 Å². The van der Waals surface area contributed by atoms with Gasteiger partial charge in [-0.1, -0.05) is 128 Å². The summed E-state index contributed by atoms with van der Waals surface area (Å²) in [5.41, 5.74) is 1.37. The zero-order chi connectivity index (χ0) is 61.2. The van der Waals surface area contributed by atoms with Gasteiger partial charge in [0.15, 0.2) is 0 Å². The standard InChI is InChI=1S/C69H76N4O14/c1-46-42-72(62-40-58(74)60(86-62)44-84-68(48-18-12-10-13-19-48,50-22-30-54(80-3)31-23-50)51-24-32-55(81-4)33-25-51)66(78)70(64(46)76)38-16-8-7-9-17-39-71-65(77)47(2)43-73(67(71)79)63-41-59(75)61(87-63)45-85-69(49-20-14-11-15-21-49,52-26-34-56(82-5)35-27-52)53-28-36-57(83-6)37-29-53/h10-15,18-37,42-43,58-63,74-75H,7-9,16-17,38-41,44-45H2,1-6H3/t58-,59-,60+,61+,62+,63+/m0/s1. The van der Waals surface area contributed by atoms with E-state index in [1.807, 2.05) is 158 Å². The Balaban J connectivity index is 0.768. The molecule has 2 fully saturated rings. The van der Waals surface area contributed by atoms with Crippen LogP contribution in [-0.2, 0) is 43.2 Å². The Kier molecular flexibility index (Phi) is 19.5. The Labute approximate surface area is 505 Å². The van der Waals surface area contributed by atoms with Crippen molar-refractivity contribution in [2.75, 3.05) is 41.7 Å². The molecule has 0 saturated carbocycles. The Morgan fingerprint density at radius 2 is 0.713 bits per heavy atom. The summed E-state index contributed by atoms with van der Waals surface area (Å²) >= 11 is 0. The Hall–Kier alpha value is -8.36. The molecule has 2 aliphatic heterocycles. The predicted molar refractivity (Wildman–Crippen MR) is 328 cm³/mol. The number of nitrogens with zero attached hydrogens (tertiary/aromatic N) is 4. The van der Waals surface area contributed by atoms with Gasteiger partial charge in [-0.15, -0.1) is 0 Å². The average molecular weight is 1190 g/mol. The van der Waals surface area contributed by atoms with Crippen molar-refractivity contribution in [1.29, 1.82) is 0 Å². The summed E-state index contributed by atoms with van der Waals surface area (Å²) in [6.07, 6.45) is 0.762. The van der Waals surface area contributed by atoms with E-state index < -0.39 is 70.6 Å². The zero-order valence-electron chi connectivity index (χ0n) is 50.0. The third-order valence-electron chi connectivity index (χ3n) is 16.8. The summed E-state index contributed by atoms with van der Waals surface area (Å²) in [5.74, 6) is 2.70. The van der Waals surface area contributed by atoms with Gasteiger partial charge >= 0.3 is 11.4 Å². The molecule has 4 heterocycles. The number of benzene rings is 6. The van der Waals surface area contributed by atoms with Crippen LogP contribution < -0.4 is 41.4 Å². The van der Waals surface area contributed by atoms with Crippen molar-refractivity contribution in [1.82, 2.24) is 18.3 Å². The SMILES string of the molecule is COc1ccc(C(OC[C@H]2O[C@@H](n3cc(C)c(=O)n(CCCCCCCn4c(=O)c(C)cn([C@H]5C[C@H](O)[C@@H](COC(c6ccccc6)(c6ccc(OC)cc6)c6ccc(OC)cc6)O5)c4=O)c3=O)C[C@@H]2O)(c2ccccc2)c2ccc(OC)cc2)cc1. The molecule has 0 aliphatic carbocycles. The molecule has 0 bridgehead atoms. The van der Waals surface area contributed by atoms with Gasteiger partial charge < -0.3 is 48.1 Å². The Morgan fingerprint density at radius 3 is 1.01 bits per heavy atom. The smallest absolute Gasteiger partial charge is 0.333 e. The minimum absolute atomic E-state index is 0.0568. The number of unbranched alkanes of at least 4 members (excludes halogenated alkanes) is 4. The van der Waals surface area contributed by atoms with E-state index in [9.17, 15) is 29.4 Å². The molecule has 87 heavy (non-hydrogen) atoms. The fourth-order valence-corrected chi connectivity index (χ4v) is 12.0. The van der Waals surface area contributed by atoms with Crippen LogP contribution in [0.15, 0.2) is 189 Å². The minimum Gasteiger partial charge on any atom is -0.497 e. The van der Waals surface area contributed by atoms with E-state index in [1.165, 1.54) is 30.7 Å². The van der Waals surface area contributed by atoms with Crippen molar-refractivity contribution in [3.8, 4) is 23.0 Å². The van der Waals surface area contributed by atoms with E-state index in [-0.39, 0.29) is 39.1 Å². The molecule has 0 unspecified atom stereocenters. The van der Waals surface area contributed by atoms with E-state index in [0.717, 1.165) is 33.4 Å². The van der Waals surface area contributed by atoms with Crippen molar-refractivity contribution in [2.24, 2.45) is 0 Å². The molecule has 10 rings (SSSR count). The maximum Gasteiger partial charge on any atom is 0.333 e. The van der Waals surface area contributed by atoms with E-state index in [2.05, 4.69) is 0 Å². The van der Waals surface area contributed by atoms with Crippen LogP contribution >= 0.6 is 0 Å². The largest absolute Gasteiger partial charge is 0.497 e. The van der Waals surface area contributed by atoms with Crippen LogP contribution in [0.3, 0.4) is 0 Å². The number of hydrogen-bond donors (Lipinski definition) is 2. The lowest BCUT2D eigenvalue weighted by atomic mass is 9.80. The van der Waals surface area contributed by atoms with Crippen LogP contribution in [0.4, 0.5) is 0 Å². The molecule has 2 aliphatic rings. The summed E-state index contributed by atoms with van der Waals surface area (Å²) in [6.45, 7) is 3.50. The van der Waals surface area contributed by atoms with E-state index >= 15 is 0 Å². The number of ether oxygens (including phenoxy) is 8. The fourth-order valence-electron chi connectivity index (χ4n) is 12.0. The highest BCUT2D eigenvalue weighted by molar-refractivity contribution is 5.51. The molecule has 2 saturated heterocycles. The van der Waals surface area contributed by atoms with Gasteiger partial charge in [-0.05, 0) is 109 Å². The molecule has 0 spiro atoms. The number of aromatic nitrogens is 4. The number of aryl methyl sites for hydroxylation is 2. The molecule has 18 nitrogen and oxygen atoms in total. The molecule has 2 aromatic heterocycles. The summed E-state index contributed by atoms with van der Waals surface area (Å²) < 4.78 is 54.2. The number of methoxy groups -OCH3 is 4. The summed E-state index contributed by atoms with van der Waals surface area (Å²) in [6, 6.07) is 50.1. The number of aliphatic hydroxyl groups is 2. The maximum absolute atomic E-state index is 14.2. The summed E-state index contributed by atoms with van der Waals surface area (Å²) in [7, 11) is 6.43. The number of hydrogen-bond acceptors (Lipinski definition) is 14. The number of rotatable bonds is 26. The molecular formula is C69H76N4O14. The maximum atomic E-state index is 14.2. The van der Waals surface area contributed by atoms with Gasteiger partial charge in [0, 0.05) is 49.5 Å². The highest BCUT2D eigenvalue weighted by Gasteiger charge is 2.44. The topological polar surface area (TPSA) is 202 Å². The molecule has 18 heteroatoms. The Bertz CT molecular complexity index is 3470. The van der Waals surface area contributed by atoms with Gasteiger partial charge in [0.2, 0.25) is 0 Å². The summed E-state index contributed by atoms with van der Waals surface area (Å²) in [5, 5.41) is 23.1. The average Bonchev–Trinajstić information content (AvgIpc) is 1.53. The van der Waals surface area contributed by atoms with Gasteiger partial charge in [0.05, 0.1) is 53.9 Å². The van der Waals surface area contributed by atoms with Crippen LogP contribution in [0.25, 0.3) is 0 Å². The first kappa shape index (κ1) is 61.7. The quantitative estimate of drug-likeness (QED) is 0.0384. The number of aliphatic hydroxyl groups excluding tert-OH is 2. The lowest BCUT2D eigenvalue weighted by Gasteiger charge is -2.37. The van der Waals surface area contributed by atoms with E-state index in [1.54, 1.807) is 42.3 Å². The van der Waals surface area contributed by atoms with Gasteiger partial charge in [-0.3, -0.25) is 27.9 Å². The molecule has 6 aromatic carbocycles. The molecule has 0 amide bonds. The molecule has 6 atom stereocenters. The van der Waals surface area contributed by atoms with Crippen molar-refractivity contribution in [3.63, 3.8) is 0 Å². The Morgan fingerprint density at radius 1 is 0.425 bits per heavy atom. The third kappa shape index (κ3) is 12.9. The molecular weight excluding hydrogens is 1110 g/mol. The fraction of sp³-hybridized carbons (Fsp3) is 0.362.